The lowest BCUT2D eigenvalue weighted by Crippen LogP contribution is -2.64. The zero-order valence-electron chi connectivity index (χ0n) is 29.3. The number of urea groups is 1. The molecule has 14 atom stereocenters. The summed E-state index contributed by atoms with van der Waals surface area (Å²) in [5.74, 6) is -0.876. The molecule has 0 radical (unpaired) electrons. The van der Waals surface area contributed by atoms with Crippen molar-refractivity contribution in [3.05, 3.63) is 58.3 Å². The van der Waals surface area contributed by atoms with Crippen LogP contribution in [0.4, 0.5) is 4.79 Å². The topological polar surface area (TPSA) is 203 Å². The molecule has 4 aliphatic carbocycles. The van der Waals surface area contributed by atoms with E-state index < -0.39 is 42.5 Å². The van der Waals surface area contributed by atoms with Gasteiger partial charge >= 0.3 is 6.03 Å². The molecule has 15 heteroatoms. The molecule has 15 nitrogen and oxygen atoms in total. The van der Waals surface area contributed by atoms with Crippen molar-refractivity contribution in [3.63, 3.8) is 0 Å². The monoisotopic (exact) mass is 715 g/mol. The van der Waals surface area contributed by atoms with Crippen LogP contribution < -0.4 is 16.4 Å². The number of ketones is 1. The fraction of sp³-hybridized carbons (Fsp3) is 0.622. The van der Waals surface area contributed by atoms with Gasteiger partial charge in [-0.15, -0.1) is 0 Å². The summed E-state index contributed by atoms with van der Waals surface area (Å²) >= 11 is 0. The zero-order valence-corrected chi connectivity index (χ0v) is 29.3. The number of carbonyl (C=O) groups is 4. The standard InChI is InChI=1S/C37H45N7O8/c1-14-12-39-27-22(45)10-23-37(24(14)27)11-15(37)13-44(23)35(49)21-9-18-16-4-6-42(28(16)30(46)32(51-2)25(18)41-21)34(48)20-8-19-17-5-7-43(36(38)50)29(17)31(47)33(52-3)26(19)40-20/h8-10,12,15-19,25-26,28-33,39-41,46-47H,4-7,11,13H2,1-3H3,(H2,38,50). The van der Waals surface area contributed by atoms with Gasteiger partial charge in [0.1, 0.15) is 24.4 Å². The molecule has 1 spiro atoms. The summed E-state index contributed by atoms with van der Waals surface area (Å²) in [4.78, 5) is 62.2. The maximum atomic E-state index is 14.4. The number of methoxy groups -OCH3 is 2. The fourth-order valence-corrected chi connectivity index (χ4v) is 12.2. The zero-order chi connectivity index (χ0) is 36.1. The number of hydrogen-bond donors (Lipinski definition) is 6. The molecule has 52 heavy (non-hydrogen) atoms. The molecule has 0 bridgehead atoms. The number of rotatable bonds is 4. The molecule has 1 aromatic heterocycles. The van der Waals surface area contributed by atoms with E-state index in [9.17, 15) is 29.4 Å². The summed E-state index contributed by atoms with van der Waals surface area (Å²) in [7, 11) is 3.05. The molecular formula is C37H45N7O8. The second-order valence-electron chi connectivity index (χ2n) is 16.4. The molecule has 0 aromatic carbocycles. The Morgan fingerprint density at radius 2 is 1.48 bits per heavy atom. The van der Waals surface area contributed by atoms with E-state index >= 15 is 0 Å². The summed E-state index contributed by atoms with van der Waals surface area (Å²) < 4.78 is 11.6. The van der Waals surface area contributed by atoms with Crippen molar-refractivity contribution >= 4 is 23.6 Å². The highest BCUT2D eigenvalue weighted by Gasteiger charge is 2.69. The lowest BCUT2D eigenvalue weighted by Gasteiger charge is -2.46. The minimum atomic E-state index is -1.02. The fourth-order valence-electron chi connectivity index (χ4n) is 12.2. The van der Waals surface area contributed by atoms with E-state index in [1.807, 2.05) is 25.3 Å². The number of aromatic nitrogens is 1. The predicted molar refractivity (Wildman–Crippen MR) is 182 cm³/mol. The summed E-state index contributed by atoms with van der Waals surface area (Å²) in [5.41, 5.74) is 9.63. The highest BCUT2D eigenvalue weighted by molar-refractivity contribution is 6.09. The van der Waals surface area contributed by atoms with Gasteiger partial charge < -0.3 is 55.7 Å². The van der Waals surface area contributed by atoms with Gasteiger partial charge in [-0.05, 0) is 67.2 Å². The quantitative estimate of drug-likeness (QED) is 0.230. The van der Waals surface area contributed by atoms with E-state index in [0.29, 0.717) is 49.6 Å². The molecule has 276 valence electrons. The third-order valence-corrected chi connectivity index (χ3v) is 14.4. The Hall–Kier alpha value is -4.18. The van der Waals surface area contributed by atoms with Gasteiger partial charge in [-0.25, -0.2) is 4.79 Å². The van der Waals surface area contributed by atoms with Crippen LogP contribution in [0.1, 0.15) is 40.9 Å². The normalized spacial score (nSPS) is 43.2. The molecule has 6 heterocycles. The number of aliphatic hydroxyl groups is 2. The summed E-state index contributed by atoms with van der Waals surface area (Å²) in [6.07, 6.45) is 6.21. The molecule has 9 aliphatic rings. The summed E-state index contributed by atoms with van der Waals surface area (Å²) in [6, 6.07) is -2.38. The van der Waals surface area contributed by atoms with Crippen LogP contribution in [-0.2, 0) is 24.5 Å². The third kappa shape index (κ3) is 3.99. The highest BCUT2D eigenvalue weighted by Crippen LogP contribution is 2.67. The second-order valence-corrected chi connectivity index (χ2v) is 16.4. The molecule has 3 saturated carbocycles. The first-order chi connectivity index (χ1) is 25.0. The van der Waals surface area contributed by atoms with Crippen LogP contribution in [0.15, 0.2) is 41.5 Å². The van der Waals surface area contributed by atoms with Crippen LogP contribution in [-0.4, -0.2) is 136 Å². The SMILES string of the molecule is COC1C(O)C2C(CCN2C(N)=O)C2C=C(C(=O)N3CCC4C5C=C(C(=O)N6CC7CC78C6=CC(=O)c6[nH]cc(C)c68)NC5C(OC)C(O)C43)NC21. The average molecular weight is 716 g/mol. The van der Waals surface area contributed by atoms with E-state index in [2.05, 4.69) is 15.6 Å². The van der Waals surface area contributed by atoms with Crippen LogP contribution >= 0.6 is 0 Å². The van der Waals surface area contributed by atoms with Crippen LogP contribution in [0.5, 0.6) is 0 Å². The Morgan fingerprint density at radius 1 is 0.904 bits per heavy atom. The van der Waals surface area contributed by atoms with Gasteiger partial charge in [-0.3, -0.25) is 14.4 Å². The number of aromatic amines is 1. The molecule has 1 aromatic rings. The maximum absolute atomic E-state index is 14.4. The maximum Gasteiger partial charge on any atom is 0.315 e. The van der Waals surface area contributed by atoms with Gasteiger partial charge in [-0.1, -0.05) is 0 Å². The Kier molecular flexibility index (Phi) is 6.83. The number of allylic oxidation sites excluding steroid dienone is 2. The van der Waals surface area contributed by atoms with Gasteiger partial charge in [0.2, 0.25) is 5.78 Å². The van der Waals surface area contributed by atoms with E-state index in [1.165, 1.54) is 19.1 Å². The molecule has 14 unspecified atom stereocenters. The summed E-state index contributed by atoms with van der Waals surface area (Å²) in [5, 5.41) is 29.9. The van der Waals surface area contributed by atoms with Crippen LogP contribution in [0.25, 0.3) is 0 Å². The Morgan fingerprint density at radius 3 is 2.08 bits per heavy atom. The van der Waals surface area contributed by atoms with Crippen molar-refractivity contribution in [2.24, 2.45) is 35.3 Å². The molecule has 5 aliphatic heterocycles. The number of nitrogens with zero attached hydrogens (tertiary/aromatic N) is 3. The number of aliphatic hydroxyl groups excluding tert-OH is 2. The first-order valence-corrected chi connectivity index (χ1v) is 18.5. The average Bonchev–Trinajstić information content (AvgIpc) is 3.85. The number of primary amides is 1. The van der Waals surface area contributed by atoms with Gasteiger partial charge in [0, 0.05) is 69.1 Å². The lowest BCUT2D eigenvalue weighted by atomic mass is 9.71. The largest absolute Gasteiger partial charge is 0.388 e. The van der Waals surface area contributed by atoms with Crippen molar-refractivity contribution < 1.29 is 38.9 Å². The van der Waals surface area contributed by atoms with Gasteiger partial charge in [0.05, 0.1) is 41.3 Å². The molecule has 10 rings (SSSR count). The molecule has 6 fully saturated rings. The first-order valence-electron chi connectivity index (χ1n) is 18.5. The number of nitrogens with two attached hydrogens (primary N) is 1. The smallest absolute Gasteiger partial charge is 0.315 e. The van der Waals surface area contributed by atoms with Crippen LogP contribution in [0, 0.1) is 36.5 Å². The number of hydrogen-bond acceptors (Lipinski definition) is 10. The van der Waals surface area contributed by atoms with Crippen LogP contribution in [0.3, 0.4) is 0 Å². The molecule has 3 saturated heterocycles. The number of H-pyrrole nitrogens is 1. The number of nitrogens with one attached hydrogen (secondary N) is 3. The summed E-state index contributed by atoms with van der Waals surface area (Å²) in [6.45, 7) is 3.38. The van der Waals surface area contributed by atoms with Crippen LogP contribution in [0.2, 0.25) is 0 Å². The number of amides is 4. The van der Waals surface area contributed by atoms with Gasteiger partial charge in [-0.2, -0.15) is 0 Å². The number of likely N-dealkylation sites (tertiary alicyclic amines) is 3. The van der Waals surface area contributed by atoms with Crippen molar-refractivity contribution in [1.82, 2.24) is 30.3 Å². The number of piperidine rings is 1. The number of ether oxygens (including phenoxy) is 2. The van der Waals surface area contributed by atoms with E-state index in [4.69, 9.17) is 15.2 Å². The second kappa shape index (κ2) is 10.9. The van der Waals surface area contributed by atoms with Crippen molar-refractivity contribution in [2.45, 2.75) is 80.2 Å². The van der Waals surface area contributed by atoms with Gasteiger partial charge in [0.15, 0.2) is 0 Å². The minimum absolute atomic E-state index is 0.0967. The number of aryl methyl sites for hydroxylation is 1. The van der Waals surface area contributed by atoms with Crippen molar-refractivity contribution in [3.8, 4) is 0 Å². The first kappa shape index (κ1) is 32.5. The minimum Gasteiger partial charge on any atom is -0.388 e. The highest BCUT2D eigenvalue weighted by atomic mass is 16.5. The molecular weight excluding hydrogens is 670 g/mol. The Bertz CT molecular complexity index is 1910. The van der Waals surface area contributed by atoms with Crippen molar-refractivity contribution in [1.29, 1.82) is 0 Å². The van der Waals surface area contributed by atoms with Gasteiger partial charge in [0.25, 0.3) is 11.8 Å². The lowest BCUT2D eigenvalue weighted by molar-refractivity contribution is -0.141. The number of fused-ring (bicyclic) bond motifs is 7. The Labute approximate surface area is 300 Å². The van der Waals surface area contributed by atoms with E-state index in [1.54, 1.807) is 15.9 Å². The third-order valence-electron chi connectivity index (χ3n) is 14.4. The van der Waals surface area contributed by atoms with Crippen molar-refractivity contribution in [2.75, 3.05) is 33.9 Å². The Balaban J connectivity index is 0.907. The predicted octanol–water partition coefficient (Wildman–Crippen LogP) is -0.788. The van der Waals surface area contributed by atoms with E-state index in [-0.39, 0.29) is 64.7 Å². The molecule has 4 amide bonds. The van der Waals surface area contributed by atoms with E-state index in [0.717, 1.165) is 23.2 Å². The number of carbonyl (C=O) groups excluding carboxylic acids is 4. The molecule has 7 N–H and O–H groups in total.